The normalized spacial score (nSPS) is 12.3. The maximum absolute atomic E-state index is 12.5. The fourth-order valence-electron chi connectivity index (χ4n) is 2.62. The molecule has 0 saturated heterocycles. The van der Waals surface area contributed by atoms with Crippen molar-refractivity contribution in [3.8, 4) is 0 Å². The van der Waals surface area contributed by atoms with E-state index in [1.165, 1.54) is 6.20 Å². The average molecular weight is 337 g/mol. The molecular formula is C18H19N5O2. The number of pyridine rings is 1. The fourth-order valence-corrected chi connectivity index (χ4v) is 2.62. The van der Waals surface area contributed by atoms with Gasteiger partial charge < -0.3 is 11.1 Å². The van der Waals surface area contributed by atoms with Crippen LogP contribution in [0.5, 0.6) is 0 Å². The third kappa shape index (κ3) is 3.35. The third-order valence-corrected chi connectivity index (χ3v) is 3.88. The Labute approximate surface area is 144 Å². The Morgan fingerprint density at radius 3 is 2.52 bits per heavy atom. The van der Waals surface area contributed by atoms with Crippen LogP contribution in [0.15, 0.2) is 48.8 Å². The Kier molecular flexibility index (Phi) is 4.47. The van der Waals surface area contributed by atoms with E-state index in [1.54, 1.807) is 41.2 Å². The molecule has 2 aromatic heterocycles. The van der Waals surface area contributed by atoms with E-state index >= 15 is 0 Å². The Hall–Kier alpha value is -3.22. The molecule has 0 fully saturated rings. The molecule has 3 rings (SSSR count). The van der Waals surface area contributed by atoms with Gasteiger partial charge in [0.15, 0.2) is 5.65 Å². The predicted molar refractivity (Wildman–Crippen MR) is 93.8 cm³/mol. The topological polar surface area (TPSA) is 103 Å². The maximum atomic E-state index is 12.5. The monoisotopic (exact) mass is 337 g/mol. The zero-order valence-electron chi connectivity index (χ0n) is 14.0. The van der Waals surface area contributed by atoms with Crippen LogP contribution >= 0.6 is 0 Å². The average Bonchev–Trinajstić information content (AvgIpc) is 3.03. The Morgan fingerprint density at radius 1 is 1.16 bits per heavy atom. The summed E-state index contributed by atoms with van der Waals surface area (Å²) in [5.74, 6) is -1.04. The molecular weight excluding hydrogens is 318 g/mol. The van der Waals surface area contributed by atoms with Gasteiger partial charge in [-0.15, -0.1) is 0 Å². The van der Waals surface area contributed by atoms with Gasteiger partial charge in [0.05, 0.1) is 11.8 Å². The molecule has 7 heteroatoms. The van der Waals surface area contributed by atoms with Crippen LogP contribution in [0, 0.1) is 0 Å². The summed E-state index contributed by atoms with van der Waals surface area (Å²) in [6.07, 6.45) is 3.14. The second-order valence-electron chi connectivity index (χ2n) is 6.04. The molecule has 0 aliphatic carbocycles. The van der Waals surface area contributed by atoms with E-state index in [0.29, 0.717) is 16.8 Å². The lowest BCUT2D eigenvalue weighted by Crippen LogP contribution is -2.37. The molecule has 2 heterocycles. The summed E-state index contributed by atoms with van der Waals surface area (Å²) in [4.78, 5) is 28.6. The largest absolute Gasteiger partial charge is 0.368 e. The van der Waals surface area contributed by atoms with E-state index in [0.717, 1.165) is 5.39 Å². The number of hydrogen-bond donors (Lipinski definition) is 2. The predicted octanol–water partition coefficient (Wildman–Crippen LogP) is 1.97. The summed E-state index contributed by atoms with van der Waals surface area (Å²) in [7, 11) is 0. The van der Waals surface area contributed by atoms with Crippen molar-refractivity contribution >= 4 is 22.8 Å². The first-order chi connectivity index (χ1) is 12.0. The summed E-state index contributed by atoms with van der Waals surface area (Å²) in [5, 5.41) is 7.70. The quantitative estimate of drug-likeness (QED) is 0.743. The van der Waals surface area contributed by atoms with E-state index in [9.17, 15) is 9.59 Å². The molecule has 1 atom stereocenters. The number of rotatable bonds is 5. The second kappa shape index (κ2) is 6.72. The van der Waals surface area contributed by atoms with Gasteiger partial charge in [-0.25, -0.2) is 9.67 Å². The molecule has 3 N–H and O–H groups in total. The van der Waals surface area contributed by atoms with Crippen molar-refractivity contribution in [3.05, 3.63) is 59.9 Å². The number of nitrogens with one attached hydrogen (secondary N) is 1. The maximum Gasteiger partial charge on any atom is 0.253 e. The highest BCUT2D eigenvalue weighted by Gasteiger charge is 2.21. The van der Waals surface area contributed by atoms with Gasteiger partial charge in [0.1, 0.15) is 6.04 Å². The minimum absolute atomic E-state index is 0.169. The first-order valence-electron chi connectivity index (χ1n) is 7.95. The zero-order valence-corrected chi connectivity index (χ0v) is 14.0. The minimum atomic E-state index is -0.900. The van der Waals surface area contributed by atoms with Crippen LogP contribution in [-0.4, -0.2) is 26.6 Å². The first-order valence-corrected chi connectivity index (χ1v) is 7.95. The molecule has 0 bridgehead atoms. The number of fused-ring (bicyclic) bond motifs is 1. The van der Waals surface area contributed by atoms with Crippen molar-refractivity contribution < 1.29 is 9.59 Å². The molecule has 0 aliphatic heterocycles. The molecule has 0 aliphatic rings. The number of carbonyl (C=O) groups is 2. The lowest BCUT2D eigenvalue weighted by atomic mass is 10.1. The number of amides is 2. The van der Waals surface area contributed by atoms with E-state index in [2.05, 4.69) is 15.4 Å². The fraction of sp³-hybridized carbons (Fsp3) is 0.222. The number of aromatic nitrogens is 3. The lowest BCUT2D eigenvalue weighted by Gasteiger charge is -2.15. The van der Waals surface area contributed by atoms with Crippen molar-refractivity contribution in [1.82, 2.24) is 20.1 Å². The highest BCUT2D eigenvalue weighted by molar-refractivity contribution is 5.99. The van der Waals surface area contributed by atoms with Crippen LogP contribution in [-0.2, 0) is 4.79 Å². The SMILES string of the molecule is CC(C)n1ncc2cc(C(=O)N[C@@H](C(N)=O)c3ccccc3)cnc21. The molecule has 25 heavy (non-hydrogen) atoms. The molecule has 0 saturated carbocycles. The minimum Gasteiger partial charge on any atom is -0.368 e. The second-order valence-corrected chi connectivity index (χ2v) is 6.04. The smallest absolute Gasteiger partial charge is 0.253 e. The molecule has 7 nitrogen and oxygen atoms in total. The van der Waals surface area contributed by atoms with Gasteiger partial charge >= 0.3 is 0 Å². The molecule has 128 valence electrons. The summed E-state index contributed by atoms with van der Waals surface area (Å²) in [6, 6.07) is 9.84. The number of hydrogen-bond acceptors (Lipinski definition) is 4. The summed E-state index contributed by atoms with van der Waals surface area (Å²) in [6.45, 7) is 4.01. The van der Waals surface area contributed by atoms with Gasteiger partial charge in [0.25, 0.3) is 5.91 Å². The molecule has 0 spiro atoms. The number of nitrogens with zero attached hydrogens (tertiary/aromatic N) is 3. The highest BCUT2D eigenvalue weighted by Crippen LogP contribution is 2.18. The number of primary amides is 1. The van der Waals surface area contributed by atoms with Crippen LogP contribution in [0.1, 0.15) is 41.9 Å². The van der Waals surface area contributed by atoms with Gasteiger partial charge in [-0.05, 0) is 25.5 Å². The summed E-state index contributed by atoms with van der Waals surface area (Å²) in [5.41, 5.74) is 7.12. The highest BCUT2D eigenvalue weighted by atomic mass is 16.2. The summed E-state index contributed by atoms with van der Waals surface area (Å²) < 4.78 is 1.78. The van der Waals surface area contributed by atoms with E-state index in [-0.39, 0.29) is 6.04 Å². The molecule has 0 radical (unpaired) electrons. The van der Waals surface area contributed by atoms with Gasteiger partial charge in [0.2, 0.25) is 5.91 Å². The molecule has 3 aromatic rings. The van der Waals surface area contributed by atoms with Crippen LogP contribution in [0.25, 0.3) is 11.0 Å². The number of nitrogens with two attached hydrogens (primary N) is 1. The van der Waals surface area contributed by atoms with Gasteiger partial charge in [-0.3, -0.25) is 9.59 Å². The standard InChI is InChI=1S/C18H19N5O2/c1-11(2)23-17-13(10-21-23)8-14(9-20-17)18(25)22-15(16(19)24)12-6-4-3-5-7-12/h3-11,15H,1-2H3,(H2,19,24)(H,22,25)/t15-/m1/s1. The van der Waals surface area contributed by atoms with Gasteiger partial charge in [0, 0.05) is 17.6 Å². The van der Waals surface area contributed by atoms with Crippen LogP contribution in [0.4, 0.5) is 0 Å². The Bertz CT molecular complexity index is 918. The van der Waals surface area contributed by atoms with Crippen molar-refractivity contribution in [2.75, 3.05) is 0 Å². The van der Waals surface area contributed by atoms with E-state index < -0.39 is 17.9 Å². The molecule has 2 amide bonds. The first kappa shape index (κ1) is 16.6. The lowest BCUT2D eigenvalue weighted by molar-refractivity contribution is -0.120. The van der Waals surface area contributed by atoms with Crippen molar-refractivity contribution in [2.24, 2.45) is 5.73 Å². The van der Waals surface area contributed by atoms with Crippen LogP contribution in [0.3, 0.4) is 0 Å². The van der Waals surface area contributed by atoms with Crippen LogP contribution < -0.4 is 11.1 Å². The van der Waals surface area contributed by atoms with E-state index in [1.807, 2.05) is 19.9 Å². The molecule has 0 unspecified atom stereocenters. The molecule has 1 aromatic carbocycles. The number of carbonyl (C=O) groups excluding carboxylic acids is 2. The van der Waals surface area contributed by atoms with Crippen LogP contribution in [0.2, 0.25) is 0 Å². The Balaban J connectivity index is 1.87. The zero-order chi connectivity index (χ0) is 18.0. The van der Waals surface area contributed by atoms with E-state index in [4.69, 9.17) is 5.73 Å². The van der Waals surface area contributed by atoms with Gasteiger partial charge in [-0.1, -0.05) is 30.3 Å². The summed E-state index contributed by atoms with van der Waals surface area (Å²) >= 11 is 0. The number of benzene rings is 1. The van der Waals surface area contributed by atoms with Gasteiger partial charge in [-0.2, -0.15) is 5.10 Å². The van der Waals surface area contributed by atoms with Crippen molar-refractivity contribution in [2.45, 2.75) is 25.9 Å². The third-order valence-electron chi connectivity index (χ3n) is 3.88. The Morgan fingerprint density at radius 2 is 1.88 bits per heavy atom. The van der Waals surface area contributed by atoms with Crippen molar-refractivity contribution in [3.63, 3.8) is 0 Å². The van der Waals surface area contributed by atoms with Crippen molar-refractivity contribution in [1.29, 1.82) is 0 Å².